The summed E-state index contributed by atoms with van der Waals surface area (Å²) in [5, 5.41) is 16.3. The molecular weight excluding hydrogens is 162 g/mol. The Bertz CT molecular complexity index is 157. The van der Waals surface area contributed by atoms with E-state index in [1.165, 1.54) is 0 Å². The van der Waals surface area contributed by atoms with E-state index in [-0.39, 0.29) is 38.7 Å². The van der Waals surface area contributed by atoms with Gasteiger partial charge in [-0.1, -0.05) is 0 Å². The molecule has 0 spiro atoms. The predicted molar refractivity (Wildman–Crippen MR) is 40.5 cm³/mol. The van der Waals surface area contributed by atoms with Crippen molar-refractivity contribution in [3.05, 3.63) is 0 Å². The van der Waals surface area contributed by atoms with Crippen LogP contribution in [0.1, 0.15) is 15.7 Å². The van der Waals surface area contributed by atoms with Crippen LogP contribution in [0.3, 0.4) is 0 Å². The molecule has 0 radical (unpaired) electrons. The van der Waals surface area contributed by atoms with Crippen molar-refractivity contribution in [2.24, 2.45) is 5.73 Å². The van der Waals surface area contributed by atoms with E-state index in [0.717, 1.165) is 0 Å². The Morgan fingerprint density at radius 2 is 1.91 bits per heavy atom. The van der Waals surface area contributed by atoms with E-state index in [4.69, 9.17) is 15.9 Å². The molecule has 1 atom stereocenters. The van der Waals surface area contributed by atoms with Gasteiger partial charge in [0.15, 0.2) is 0 Å². The Balaban J connectivity index is -0.000000135. The Morgan fingerprint density at radius 3 is 2.18 bits per heavy atom. The van der Waals surface area contributed by atoms with Gasteiger partial charge in [0.25, 0.3) is 0 Å². The number of carbonyl (C=O) groups is 2. The molecule has 0 bridgehead atoms. The number of aliphatic carboxylic acids is 2. The quantitative estimate of drug-likeness (QED) is 0.479. The average molecular weight is 173 g/mol. The van der Waals surface area contributed by atoms with Crippen molar-refractivity contribution in [3.63, 3.8) is 0 Å². The van der Waals surface area contributed by atoms with Gasteiger partial charge in [0.1, 0.15) is 6.04 Å². The molecule has 0 saturated heterocycles. The van der Waals surface area contributed by atoms with Crippen molar-refractivity contribution >= 4 is 35.0 Å². The SMILES string of the molecule is N[C@H](CCC(=O)O)C(=O)O.[H-].[H-].[Mg+2]. The standard InChI is InChI=1S/C5H9NO4.Mg.2H/c6-3(5(9)10)1-2-4(7)8;;;/h3H,1-2,6H2,(H,7,8)(H,9,10);;;/q;+2;2*-1/t3-;;;/m1.../s1. The molecule has 0 aliphatic heterocycles. The summed E-state index contributed by atoms with van der Waals surface area (Å²) < 4.78 is 0. The van der Waals surface area contributed by atoms with Crippen molar-refractivity contribution < 1.29 is 22.7 Å². The van der Waals surface area contributed by atoms with Gasteiger partial charge in [-0.05, 0) is 6.42 Å². The maximum Gasteiger partial charge on any atom is 2.00 e. The molecule has 0 aromatic carbocycles. The predicted octanol–water partition coefficient (Wildman–Crippen LogP) is -0.893. The van der Waals surface area contributed by atoms with E-state index in [2.05, 4.69) is 0 Å². The summed E-state index contributed by atoms with van der Waals surface area (Å²) >= 11 is 0. The van der Waals surface area contributed by atoms with Gasteiger partial charge in [-0.2, -0.15) is 0 Å². The summed E-state index contributed by atoms with van der Waals surface area (Å²) in [7, 11) is 0. The van der Waals surface area contributed by atoms with Gasteiger partial charge in [0, 0.05) is 6.42 Å². The Labute approximate surface area is 82.7 Å². The van der Waals surface area contributed by atoms with Crippen molar-refractivity contribution in [1.82, 2.24) is 0 Å². The van der Waals surface area contributed by atoms with Gasteiger partial charge in [0.05, 0.1) is 0 Å². The Kier molecular flexibility index (Phi) is 7.70. The molecule has 0 amide bonds. The number of hydrogen-bond donors (Lipinski definition) is 3. The van der Waals surface area contributed by atoms with Crippen LogP contribution in [-0.4, -0.2) is 51.2 Å². The van der Waals surface area contributed by atoms with Gasteiger partial charge >= 0.3 is 35.0 Å². The van der Waals surface area contributed by atoms with Crippen LogP contribution in [0.5, 0.6) is 0 Å². The van der Waals surface area contributed by atoms with Crippen molar-refractivity contribution in [2.75, 3.05) is 0 Å². The van der Waals surface area contributed by atoms with Crippen molar-refractivity contribution in [1.29, 1.82) is 0 Å². The molecule has 0 aromatic heterocycles. The summed E-state index contributed by atoms with van der Waals surface area (Å²) in [6, 6.07) is -1.06. The third kappa shape index (κ3) is 7.56. The van der Waals surface area contributed by atoms with Crippen LogP contribution in [0.15, 0.2) is 0 Å². The van der Waals surface area contributed by atoms with E-state index >= 15 is 0 Å². The molecule has 0 aliphatic rings. The normalized spacial score (nSPS) is 11.4. The second-order valence-corrected chi connectivity index (χ2v) is 1.88. The van der Waals surface area contributed by atoms with Crippen LogP contribution in [0.2, 0.25) is 0 Å². The number of nitrogens with two attached hydrogens (primary N) is 1. The van der Waals surface area contributed by atoms with Crippen LogP contribution < -0.4 is 5.73 Å². The molecule has 11 heavy (non-hydrogen) atoms. The fraction of sp³-hybridized carbons (Fsp3) is 0.600. The summed E-state index contributed by atoms with van der Waals surface area (Å²) in [5.41, 5.74) is 5.00. The summed E-state index contributed by atoms with van der Waals surface area (Å²) in [6.07, 6.45) is -0.224. The van der Waals surface area contributed by atoms with E-state index in [1.54, 1.807) is 0 Å². The molecule has 0 saturated carbocycles. The van der Waals surface area contributed by atoms with Crippen LogP contribution in [0.25, 0.3) is 0 Å². The maximum atomic E-state index is 9.99. The topological polar surface area (TPSA) is 101 Å². The van der Waals surface area contributed by atoms with Crippen molar-refractivity contribution in [3.8, 4) is 0 Å². The average Bonchev–Trinajstić information content (AvgIpc) is 1.82. The van der Waals surface area contributed by atoms with Gasteiger partial charge in [-0.15, -0.1) is 0 Å². The largest absolute Gasteiger partial charge is 2.00 e. The second kappa shape index (κ2) is 6.38. The van der Waals surface area contributed by atoms with E-state index in [9.17, 15) is 9.59 Å². The molecule has 0 aromatic rings. The zero-order valence-electron chi connectivity index (χ0n) is 7.99. The van der Waals surface area contributed by atoms with Crippen LogP contribution >= 0.6 is 0 Å². The Morgan fingerprint density at radius 1 is 1.45 bits per heavy atom. The molecule has 0 heterocycles. The summed E-state index contributed by atoms with van der Waals surface area (Å²) in [4.78, 5) is 19.9. The molecule has 5 nitrogen and oxygen atoms in total. The van der Waals surface area contributed by atoms with Gasteiger partial charge in [-0.3, -0.25) is 9.59 Å². The molecule has 62 valence electrons. The van der Waals surface area contributed by atoms with Crippen LogP contribution in [0.4, 0.5) is 0 Å². The maximum absolute atomic E-state index is 9.99. The third-order valence-corrected chi connectivity index (χ3v) is 0.986. The van der Waals surface area contributed by atoms with Crippen molar-refractivity contribution in [2.45, 2.75) is 18.9 Å². The fourth-order valence-electron chi connectivity index (χ4n) is 0.402. The molecule has 6 heteroatoms. The molecule has 0 rings (SSSR count). The smallest absolute Gasteiger partial charge is 1.00 e. The number of carboxylic acid groups (broad SMARTS) is 2. The Hall–Kier alpha value is -0.334. The van der Waals surface area contributed by atoms with E-state index in [1.807, 2.05) is 0 Å². The van der Waals surface area contributed by atoms with Gasteiger partial charge in [-0.25, -0.2) is 0 Å². The van der Waals surface area contributed by atoms with Gasteiger partial charge in [0.2, 0.25) is 0 Å². The minimum atomic E-state index is -1.17. The molecule has 0 unspecified atom stereocenters. The summed E-state index contributed by atoms with van der Waals surface area (Å²) in [5.74, 6) is -2.20. The number of hydrogen-bond acceptors (Lipinski definition) is 3. The van der Waals surface area contributed by atoms with Gasteiger partial charge < -0.3 is 18.8 Å². The third-order valence-electron chi connectivity index (χ3n) is 0.986. The molecule has 4 N–H and O–H groups in total. The first kappa shape index (κ1) is 13.3. The number of rotatable bonds is 4. The van der Waals surface area contributed by atoms with E-state index < -0.39 is 18.0 Å². The minimum absolute atomic E-state index is 0. The molecular formula is C5H11MgNO4. The molecule has 0 fully saturated rings. The van der Waals surface area contributed by atoms with Crippen LogP contribution in [0, 0.1) is 0 Å². The fourth-order valence-corrected chi connectivity index (χ4v) is 0.402. The zero-order valence-corrected chi connectivity index (χ0v) is 7.40. The second-order valence-electron chi connectivity index (χ2n) is 1.88. The first-order chi connectivity index (χ1) is 4.54. The zero-order chi connectivity index (χ0) is 8.15. The first-order valence-electron chi connectivity index (χ1n) is 2.74. The monoisotopic (exact) mass is 173 g/mol. The van der Waals surface area contributed by atoms with E-state index in [0.29, 0.717) is 0 Å². The van der Waals surface area contributed by atoms with Crippen LogP contribution in [-0.2, 0) is 9.59 Å². The molecule has 0 aliphatic carbocycles. The number of carboxylic acids is 2. The first-order valence-corrected chi connectivity index (χ1v) is 2.74. The summed E-state index contributed by atoms with van der Waals surface area (Å²) in [6.45, 7) is 0. The minimum Gasteiger partial charge on any atom is -1.00 e.